The Morgan fingerprint density at radius 3 is 1.46 bits per heavy atom. The average molecular weight is 854 g/mol. The Hall–Kier alpha value is -8.26. The zero-order valence-corrected chi connectivity index (χ0v) is 37.2. The van der Waals surface area contributed by atoms with E-state index in [1.54, 1.807) is 0 Å². The molecule has 67 heavy (non-hydrogen) atoms. The topological polar surface area (TPSA) is 3.24 Å². The van der Waals surface area contributed by atoms with Gasteiger partial charge in [-0.2, -0.15) is 0 Å². The van der Waals surface area contributed by atoms with Crippen LogP contribution in [0.4, 0.5) is 17.1 Å². The summed E-state index contributed by atoms with van der Waals surface area (Å²) in [6, 6.07) is 92.1. The summed E-state index contributed by atoms with van der Waals surface area (Å²) in [6.45, 7) is 0. The molecule has 10 aromatic rings. The zero-order valence-electron chi connectivity index (χ0n) is 37.2. The van der Waals surface area contributed by atoms with Gasteiger partial charge in [-0.05, 0) is 138 Å². The maximum Gasteiger partial charge on any atom is 0.0713 e. The van der Waals surface area contributed by atoms with Gasteiger partial charge in [-0.3, -0.25) is 0 Å². The van der Waals surface area contributed by atoms with Crippen LogP contribution < -0.4 is 4.90 Å². The standard InChI is InChI=1S/C66H47N/c1-5-20-51(21-6-1)66(52-22-7-2-8-23-52)60-30-16-15-28-59(60)64-56(29-17-31-61(64)66)48-37-34-46(35-38-48)32-33-47-36-40-57-58-41-39-55(67(53-24-9-3-10-25-53)54-26-11-4-12-27-54)43-63(58)65(62(57)42-47)44-49-18-13-14-19-50(49)45-65/h1-43H,44-45H2/b33-32+. The Morgan fingerprint density at radius 1 is 0.328 bits per heavy atom. The second kappa shape index (κ2) is 15.7. The van der Waals surface area contributed by atoms with Gasteiger partial charge in [0.1, 0.15) is 0 Å². The molecule has 0 aliphatic heterocycles. The van der Waals surface area contributed by atoms with Gasteiger partial charge in [-0.25, -0.2) is 0 Å². The summed E-state index contributed by atoms with van der Waals surface area (Å²) >= 11 is 0. The molecule has 3 aliphatic rings. The van der Waals surface area contributed by atoms with E-state index in [9.17, 15) is 0 Å². The van der Waals surface area contributed by atoms with Crippen LogP contribution in [0.1, 0.15) is 55.6 Å². The minimum absolute atomic E-state index is 0.151. The molecule has 0 fully saturated rings. The molecule has 0 N–H and O–H groups in total. The fourth-order valence-corrected chi connectivity index (χ4v) is 12.0. The molecule has 13 rings (SSSR count). The third-order valence-electron chi connectivity index (χ3n) is 14.9. The number of hydrogen-bond donors (Lipinski definition) is 0. The van der Waals surface area contributed by atoms with E-state index in [0.717, 1.165) is 24.2 Å². The molecule has 3 aliphatic carbocycles. The highest BCUT2D eigenvalue weighted by Crippen LogP contribution is 2.59. The normalized spacial score (nSPS) is 14.3. The van der Waals surface area contributed by atoms with Crippen LogP contribution in [0.3, 0.4) is 0 Å². The lowest BCUT2D eigenvalue weighted by atomic mass is 9.67. The molecule has 0 aromatic heterocycles. The lowest BCUT2D eigenvalue weighted by Crippen LogP contribution is -2.28. The van der Waals surface area contributed by atoms with E-state index in [1.165, 1.54) is 94.7 Å². The predicted octanol–water partition coefficient (Wildman–Crippen LogP) is 16.4. The molecule has 1 nitrogen and oxygen atoms in total. The van der Waals surface area contributed by atoms with E-state index in [0.29, 0.717) is 0 Å². The molecule has 0 bridgehead atoms. The fraction of sp³-hybridized carbons (Fsp3) is 0.0606. The Bertz CT molecular complexity index is 3390. The van der Waals surface area contributed by atoms with Crippen LogP contribution in [0.5, 0.6) is 0 Å². The minimum atomic E-state index is -0.419. The minimum Gasteiger partial charge on any atom is -0.310 e. The first kappa shape index (κ1) is 39.1. The smallest absolute Gasteiger partial charge is 0.0713 e. The van der Waals surface area contributed by atoms with Crippen LogP contribution in [-0.2, 0) is 23.7 Å². The Kier molecular flexibility index (Phi) is 9.18. The summed E-state index contributed by atoms with van der Waals surface area (Å²) in [5.41, 5.74) is 24.1. The van der Waals surface area contributed by atoms with Crippen molar-refractivity contribution < 1.29 is 0 Å². The van der Waals surface area contributed by atoms with E-state index in [-0.39, 0.29) is 5.41 Å². The summed E-state index contributed by atoms with van der Waals surface area (Å²) < 4.78 is 0. The van der Waals surface area contributed by atoms with Gasteiger partial charge in [0, 0.05) is 22.5 Å². The number of rotatable bonds is 8. The maximum absolute atomic E-state index is 2.49. The Labute approximate surface area is 393 Å². The van der Waals surface area contributed by atoms with Gasteiger partial charge in [0.25, 0.3) is 0 Å². The molecule has 0 heterocycles. The number of benzene rings is 10. The SMILES string of the molecule is C(=C\c1ccc2c(c1)C1(Cc3ccccc3C1)c1cc(N(c3ccccc3)c3ccccc3)ccc1-2)/c1ccc(-c2cccc3c2-c2ccccc2C3(c2ccccc2)c2ccccc2)cc1. The van der Waals surface area contributed by atoms with Crippen molar-refractivity contribution in [1.82, 2.24) is 0 Å². The van der Waals surface area contributed by atoms with Gasteiger partial charge in [0.15, 0.2) is 0 Å². The maximum atomic E-state index is 2.49. The first-order valence-electron chi connectivity index (χ1n) is 23.6. The Balaban J connectivity index is 0.860. The molecule has 0 saturated carbocycles. The van der Waals surface area contributed by atoms with Crippen molar-refractivity contribution in [3.63, 3.8) is 0 Å². The van der Waals surface area contributed by atoms with Crippen LogP contribution in [-0.4, -0.2) is 0 Å². The molecular formula is C66H47N. The monoisotopic (exact) mass is 853 g/mol. The van der Waals surface area contributed by atoms with Crippen LogP contribution in [0.2, 0.25) is 0 Å². The quantitative estimate of drug-likeness (QED) is 0.138. The molecule has 0 unspecified atom stereocenters. The summed E-state index contributed by atoms with van der Waals surface area (Å²) in [6.07, 6.45) is 6.56. The molecule has 1 heteroatoms. The van der Waals surface area contributed by atoms with Gasteiger partial charge in [-0.15, -0.1) is 0 Å². The van der Waals surface area contributed by atoms with E-state index < -0.39 is 5.41 Å². The summed E-state index contributed by atoms with van der Waals surface area (Å²) in [5.74, 6) is 0. The second-order valence-corrected chi connectivity index (χ2v) is 18.5. The highest BCUT2D eigenvalue weighted by molar-refractivity contribution is 5.96. The summed E-state index contributed by atoms with van der Waals surface area (Å²) in [4.78, 5) is 2.39. The second-order valence-electron chi connectivity index (χ2n) is 18.5. The number of fused-ring (bicyclic) bond motifs is 9. The summed E-state index contributed by atoms with van der Waals surface area (Å²) in [5, 5.41) is 0. The molecule has 0 radical (unpaired) electrons. The van der Waals surface area contributed by atoms with Crippen LogP contribution >= 0.6 is 0 Å². The van der Waals surface area contributed by atoms with Gasteiger partial charge >= 0.3 is 0 Å². The van der Waals surface area contributed by atoms with Gasteiger partial charge in [-0.1, -0.05) is 224 Å². The summed E-state index contributed by atoms with van der Waals surface area (Å²) in [7, 11) is 0. The highest BCUT2D eigenvalue weighted by atomic mass is 15.1. The molecule has 0 amide bonds. The highest BCUT2D eigenvalue weighted by Gasteiger charge is 2.48. The number of hydrogen-bond acceptors (Lipinski definition) is 1. The van der Waals surface area contributed by atoms with E-state index in [4.69, 9.17) is 0 Å². The zero-order chi connectivity index (χ0) is 44.4. The van der Waals surface area contributed by atoms with Crippen molar-refractivity contribution in [2.45, 2.75) is 23.7 Å². The lowest BCUT2D eigenvalue weighted by Gasteiger charge is -2.34. The van der Waals surface area contributed by atoms with Gasteiger partial charge < -0.3 is 4.90 Å². The fourth-order valence-electron chi connectivity index (χ4n) is 12.0. The molecule has 1 spiro atoms. The first-order chi connectivity index (χ1) is 33.2. The van der Waals surface area contributed by atoms with Crippen molar-refractivity contribution in [3.05, 3.63) is 304 Å². The van der Waals surface area contributed by atoms with E-state index in [2.05, 4.69) is 266 Å². The van der Waals surface area contributed by atoms with Crippen LogP contribution in [0.15, 0.2) is 249 Å². The molecular weight excluding hydrogens is 807 g/mol. The van der Waals surface area contributed by atoms with Crippen molar-refractivity contribution in [2.75, 3.05) is 4.90 Å². The number of nitrogens with zero attached hydrogens (tertiary/aromatic N) is 1. The largest absolute Gasteiger partial charge is 0.310 e. The van der Waals surface area contributed by atoms with E-state index in [1.807, 2.05) is 0 Å². The first-order valence-corrected chi connectivity index (χ1v) is 23.6. The number of anilines is 3. The third kappa shape index (κ3) is 6.15. The molecule has 0 atom stereocenters. The van der Waals surface area contributed by atoms with Crippen molar-refractivity contribution in [2.24, 2.45) is 0 Å². The van der Waals surface area contributed by atoms with Crippen molar-refractivity contribution in [3.8, 4) is 33.4 Å². The van der Waals surface area contributed by atoms with Gasteiger partial charge in [0.2, 0.25) is 0 Å². The lowest BCUT2D eigenvalue weighted by molar-refractivity contribution is 0.563. The van der Waals surface area contributed by atoms with E-state index >= 15 is 0 Å². The third-order valence-corrected chi connectivity index (χ3v) is 14.9. The molecule has 316 valence electrons. The average Bonchev–Trinajstić information content (AvgIpc) is 4.03. The predicted molar refractivity (Wildman–Crippen MR) is 279 cm³/mol. The van der Waals surface area contributed by atoms with Gasteiger partial charge in [0.05, 0.1) is 5.41 Å². The van der Waals surface area contributed by atoms with Crippen LogP contribution in [0, 0.1) is 0 Å². The van der Waals surface area contributed by atoms with Crippen LogP contribution in [0.25, 0.3) is 45.5 Å². The Morgan fingerprint density at radius 2 is 0.821 bits per heavy atom. The number of para-hydroxylation sites is 2. The van der Waals surface area contributed by atoms with Crippen molar-refractivity contribution >= 4 is 29.2 Å². The van der Waals surface area contributed by atoms with Crippen molar-refractivity contribution in [1.29, 1.82) is 0 Å². The molecule has 10 aromatic carbocycles. The molecule has 0 saturated heterocycles.